The van der Waals surface area contributed by atoms with Crippen LogP contribution in [0.3, 0.4) is 0 Å². The van der Waals surface area contributed by atoms with Crippen LogP contribution in [0.5, 0.6) is 0 Å². The maximum atomic E-state index is 12.9. The number of carbonyl (C=O) groups is 2. The Morgan fingerprint density at radius 2 is 1.96 bits per heavy atom. The van der Waals surface area contributed by atoms with E-state index in [4.69, 9.17) is 11.6 Å². The molecule has 2 amide bonds. The van der Waals surface area contributed by atoms with Gasteiger partial charge in [0.25, 0.3) is 5.91 Å². The van der Waals surface area contributed by atoms with Crippen molar-refractivity contribution < 1.29 is 9.59 Å². The molecule has 0 unspecified atom stereocenters. The van der Waals surface area contributed by atoms with E-state index in [1.54, 1.807) is 18.2 Å². The zero-order chi connectivity index (χ0) is 19.1. The summed E-state index contributed by atoms with van der Waals surface area (Å²) in [5.41, 5.74) is 1.08. The Bertz CT molecular complexity index is 625. The lowest BCUT2D eigenvalue weighted by molar-refractivity contribution is -0.116. The van der Waals surface area contributed by atoms with Crippen molar-refractivity contribution in [1.29, 1.82) is 0 Å². The lowest BCUT2D eigenvalue weighted by atomic mass is 9.93. The standard InChI is InChI=1S/C20H30ClN3O2/c1-14(2)12-19(25)23-16-4-5-18(21)17(13-16)20(26)24-10-7-15(8-11-24)6-9-22-3/h4-5,13-15,22H,6-12H2,1-3H3,(H,23,25). The first-order valence-electron chi connectivity index (χ1n) is 9.44. The monoisotopic (exact) mass is 379 g/mol. The van der Waals surface area contributed by atoms with E-state index in [1.165, 1.54) is 0 Å². The van der Waals surface area contributed by atoms with Crippen molar-refractivity contribution in [2.45, 2.75) is 39.5 Å². The van der Waals surface area contributed by atoms with Crippen LogP contribution < -0.4 is 10.6 Å². The predicted octanol–water partition coefficient (Wildman–Crippen LogP) is 3.79. The van der Waals surface area contributed by atoms with Crippen molar-refractivity contribution >= 4 is 29.1 Å². The van der Waals surface area contributed by atoms with Crippen LogP contribution in [0.1, 0.15) is 49.9 Å². The average Bonchev–Trinajstić information content (AvgIpc) is 2.60. The number of likely N-dealkylation sites (tertiary alicyclic amines) is 1. The van der Waals surface area contributed by atoms with Gasteiger partial charge in [-0.3, -0.25) is 9.59 Å². The third-order valence-corrected chi connectivity index (χ3v) is 5.11. The van der Waals surface area contributed by atoms with E-state index in [2.05, 4.69) is 10.6 Å². The summed E-state index contributed by atoms with van der Waals surface area (Å²) in [5, 5.41) is 6.46. The molecule has 1 aliphatic rings. The SMILES string of the molecule is CNCCC1CCN(C(=O)c2cc(NC(=O)CC(C)C)ccc2Cl)CC1. The summed E-state index contributed by atoms with van der Waals surface area (Å²) in [6.07, 6.45) is 3.65. The van der Waals surface area contributed by atoms with E-state index in [0.717, 1.165) is 38.9 Å². The second kappa shape index (κ2) is 9.93. The maximum Gasteiger partial charge on any atom is 0.255 e. The third-order valence-electron chi connectivity index (χ3n) is 4.78. The Balaban J connectivity index is 2.00. The van der Waals surface area contributed by atoms with Crippen LogP contribution in [0.25, 0.3) is 0 Å². The number of piperidine rings is 1. The van der Waals surface area contributed by atoms with Crippen LogP contribution in [0.4, 0.5) is 5.69 Å². The molecule has 0 aromatic heterocycles. The summed E-state index contributed by atoms with van der Waals surface area (Å²) in [6, 6.07) is 5.11. The fourth-order valence-electron chi connectivity index (χ4n) is 3.29. The highest BCUT2D eigenvalue weighted by Gasteiger charge is 2.25. The third kappa shape index (κ3) is 5.99. The fourth-order valence-corrected chi connectivity index (χ4v) is 3.49. The molecular formula is C20H30ClN3O2. The first-order chi connectivity index (χ1) is 12.4. The van der Waals surface area contributed by atoms with Crippen LogP contribution in [0.15, 0.2) is 18.2 Å². The van der Waals surface area contributed by atoms with Gasteiger partial charge < -0.3 is 15.5 Å². The summed E-state index contributed by atoms with van der Waals surface area (Å²) < 4.78 is 0. The minimum absolute atomic E-state index is 0.0499. The second-order valence-corrected chi connectivity index (χ2v) is 7.88. The molecule has 26 heavy (non-hydrogen) atoms. The normalized spacial score (nSPS) is 15.3. The lowest BCUT2D eigenvalue weighted by Crippen LogP contribution is -2.39. The molecule has 5 nitrogen and oxygen atoms in total. The molecule has 2 N–H and O–H groups in total. The van der Waals surface area contributed by atoms with Crippen molar-refractivity contribution in [3.05, 3.63) is 28.8 Å². The Labute approximate surface area is 161 Å². The minimum Gasteiger partial charge on any atom is -0.339 e. The molecular weight excluding hydrogens is 350 g/mol. The maximum absolute atomic E-state index is 12.9. The smallest absolute Gasteiger partial charge is 0.255 e. The first-order valence-corrected chi connectivity index (χ1v) is 9.81. The number of nitrogens with zero attached hydrogens (tertiary/aromatic N) is 1. The summed E-state index contributed by atoms with van der Waals surface area (Å²) in [4.78, 5) is 26.7. The van der Waals surface area contributed by atoms with Gasteiger partial charge in [-0.15, -0.1) is 0 Å². The molecule has 1 aromatic rings. The van der Waals surface area contributed by atoms with Gasteiger partial charge in [0, 0.05) is 25.2 Å². The number of benzene rings is 1. The van der Waals surface area contributed by atoms with Gasteiger partial charge in [-0.1, -0.05) is 25.4 Å². The van der Waals surface area contributed by atoms with E-state index in [0.29, 0.717) is 28.6 Å². The molecule has 0 bridgehead atoms. The number of anilines is 1. The molecule has 2 rings (SSSR count). The van der Waals surface area contributed by atoms with Crippen LogP contribution in [-0.2, 0) is 4.79 Å². The zero-order valence-electron chi connectivity index (χ0n) is 16.0. The zero-order valence-corrected chi connectivity index (χ0v) is 16.7. The largest absolute Gasteiger partial charge is 0.339 e. The lowest BCUT2D eigenvalue weighted by Gasteiger charge is -2.32. The molecule has 0 spiro atoms. The molecule has 0 radical (unpaired) electrons. The molecule has 0 saturated carbocycles. The Morgan fingerprint density at radius 1 is 1.27 bits per heavy atom. The number of rotatable bonds is 7. The molecule has 1 fully saturated rings. The van der Waals surface area contributed by atoms with E-state index < -0.39 is 0 Å². The molecule has 1 aromatic carbocycles. The van der Waals surface area contributed by atoms with E-state index in [9.17, 15) is 9.59 Å². The van der Waals surface area contributed by atoms with Crippen LogP contribution in [0.2, 0.25) is 5.02 Å². The Morgan fingerprint density at radius 3 is 2.58 bits per heavy atom. The van der Waals surface area contributed by atoms with Gasteiger partial charge >= 0.3 is 0 Å². The summed E-state index contributed by atoms with van der Waals surface area (Å²) in [5.74, 6) is 0.851. The predicted molar refractivity (Wildman–Crippen MR) is 107 cm³/mol. The van der Waals surface area contributed by atoms with Gasteiger partial charge in [0.1, 0.15) is 0 Å². The number of hydrogen-bond acceptors (Lipinski definition) is 3. The fraction of sp³-hybridized carbons (Fsp3) is 0.600. The molecule has 0 aliphatic carbocycles. The summed E-state index contributed by atoms with van der Waals surface area (Å²) in [7, 11) is 1.97. The van der Waals surface area contributed by atoms with Gasteiger partial charge in [0.15, 0.2) is 0 Å². The minimum atomic E-state index is -0.0537. The second-order valence-electron chi connectivity index (χ2n) is 7.47. The highest BCUT2D eigenvalue weighted by Crippen LogP contribution is 2.26. The number of hydrogen-bond donors (Lipinski definition) is 2. The average molecular weight is 380 g/mol. The van der Waals surface area contributed by atoms with Gasteiger partial charge in [-0.05, 0) is 62.9 Å². The van der Waals surface area contributed by atoms with Crippen molar-refractivity contribution in [1.82, 2.24) is 10.2 Å². The van der Waals surface area contributed by atoms with Crippen LogP contribution >= 0.6 is 11.6 Å². The van der Waals surface area contributed by atoms with Gasteiger partial charge in [0.2, 0.25) is 5.91 Å². The quantitative estimate of drug-likeness (QED) is 0.757. The van der Waals surface area contributed by atoms with E-state index in [1.807, 2.05) is 25.8 Å². The van der Waals surface area contributed by atoms with Crippen molar-refractivity contribution in [3.8, 4) is 0 Å². The van der Waals surface area contributed by atoms with Crippen molar-refractivity contribution in [2.75, 3.05) is 32.0 Å². The number of carbonyl (C=O) groups excluding carboxylic acids is 2. The highest BCUT2D eigenvalue weighted by atomic mass is 35.5. The Kier molecular flexibility index (Phi) is 7.91. The highest BCUT2D eigenvalue weighted by molar-refractivity contribution is 6.34. The van der Waals surface area contributed by atoms with E-state index >= 15 is 0 Å². The van der Waals surface area contributed by atoms with Gasteiger partial charge in [-0.2, -0.15) is 0 Å². The van der Waals surface area contributed by atoms with E-state index in [-0.39, 0.29) is 17.7 Å². The van der Waals surface area contributed by atoms with Crippen molar-refractivity contribution in [3.63, 3.8) is 0 Å². The number of halogens is 1. The van der Waals surface area contributed by atoms with Gasteiger partial charge in [0.05, 0.1) is 10.6 Å². The van der Waals surface area contributed by atoms with Crippen LogP contribution in [0, 0.1) is 11.8 Å². The number of nitrogens with one attached hydrogen (secondary N) is 2. The molecule has 1 heterocycles. The molecule has 1 aliphatic heterocycles. The Hall–Kier alpha value is -1.59. The molecule has 0 atom stereocenters. The first kappa shape index (κ1) is 20.7. The van der Waals surface area contributed by atoms with Gasteiger partial charge in [-0.25, -0.2) is 0 Å². The summed E-state index contributed by atoms with van der Waals surface area (Å²) in [6.45, 7) is 6.52. The topological polar surface area (TPSA) is 61.4 Å². The molecule has 144 valence electrons. The number of amides is 2. The summed E-state index contributed by atoms with van der Waals surface area (Å²) >= 11 is 6.26. The van der Waals surface area contributed by atoms with Crippen molar-refractivity contribution in [2.24, 2.45) is 11.8 Å². The van der Waals surface area contributed by atoms with Crippen LogP contribution in [-0.4, -0.2) is 43.4 Å². The molecule has 6 heteroatoms. The molecule has 1 saturated heterocycles.